The number of benzene rings is 2. The molecule has 1 aliphatic heterocycles. The largest absolute Gasteiger partial charge is 0.481 e. The number of halogens is 3. The van der Waals surface area contributed by atoms with Gasteiger partial charge in [0.25, 0.3) is 11.6 Å². The van der Waals surface area contributed by atoms with E-state index in [1.165, 1.54) is 18.2 Å². The topological polar surface area (TPSA) is 93.5 Å². The number of alkyl halides is 3. The Morgan fingerprint density at radius 1 is 1.27 bits per heavy atom. The number of hydrogen-bond donors (Lipinski definition) is 2. The molecule has 0 bridgehead atoms. The monoisotopic (exact) mass is 367 g/mol. The number of fused-ring (bicyclic) bond motifs is 1. The minimum absolute atomic E-state index is 0.0527. The molecule has 1 amide bonds. The van der Waals surface area contributed by atoms with Crippen molar-refractivity contribution in [2.45, 2.75) is 12.7 Å². The number of anilines is 2. The van der Waals surface area contributed by atoms with Gasteiger partial charge >= 0.3 is 6.18 Å². The molecule has 0 aliphatic carbocycles. The molecule has 2 aromatic rings. The van der Waals surface area contributed by atoms with E-state index in [1.54, 1.807) is 0 Å². The van der Waals surface area contributed by atoms with Gasteiger partial charge < -0.3 is 15.4 Å². The number of carbonyl (C=O) groups is 1. The molecule has 3 rings (SSSR count). The van der Waals surface area contributed by atoms with Crippen LogP contribution in [0.4, 0.5) is 30.2 Å². The first-order valence-electron chi connectivity index (χ1n) is 7.39. The van der Waals surface area contributed by atoms with E-state index in [1.807, 2.05) is 0 Å². The van der Waals surface area contributed by atoms with E-state index in [0.29, 0.717) is 5.56 Å². The van der Waals surface area contributed by atoms with E-state index in [2.05, 4.69) is 10.6 Å². The summed E-state index contributed by atoms with van der Waals surface area (Å²) in [6.07, 6.45) is -4.48. The maximum absolute atomic E-state index is 12.8. The summed E-state index contributed by atoms with van der Waals surface area (Å²) in [7, 11) is 0. The second kappa shape index (κ2) is 6.54. The van der Waals surface area contributed by atoms with E-state index >= 15 is 0 Å². The molecule has 0 aromatic heterocycles. The number of hydrogen-bond acceptors (Lipinski definition) is 5. The molecule has 0 atom stereocenters. The number of nitrogens with one attached hydrogen (secondary N) is 2. The molecule has 10 heteroatoms. The van der Waals surface area contributed by atoms with Gasteiger partial charge in [-0.05, 0) is 23.8 Å². The zero-order chi connectivity index (χ0) is 18.9. The lowest BCUT2D eigenvalue weighted by atomic mass is 10.1. The van der Waals surface area contributed by atoms with Crippen LogP contribution < -0.4 is 15.4 Å². The third-order valence-corrected chi connectivity index (χ3v) is 3.66. The predicted molar refractivity (Wildman–Crippen MR) is 86.0 cm³/mol. The van der Waals surface area contributed by atoms with E-state index in [0.717, 1.165) is 18.2 Å². The lowest BCUT2D eigenvalue weighted by Gasteiger charge is -2.19. The van der Waals surface area contributed by atoms with Crippen molar-refractivity contribution in [3.8, 4) is 5.75 Å². The van der Waals surface area contributed by atoms with Crippen LogP contribution in [0.1, 0.15) is 11.1 Å². The number of amides is 1. The number of rotatable bonds is 4. The fourth-order valence-corrected chi connectivity index (χ4v) is 2.46. The Balaban J connectivity index is 1.86. The summed E-state index contributed by atoms with van der Waals surface area (Å²) in [4.78, 5) is 22.0. The molecule has 1 aliphatic rings. The Kier molecular flexibility index (Phi) is 4.41. The molecular weight excluding hydrogens is 355 g/mol. The zero-order valence-corrected chi connectivity index (χ0v) is 13.1. The first-order valence-corrected chi connectivity index (χ1v) is 7.39. The maximum atomic E-state index is 12.8. The average Bonchev–Trinajstić information content (AvgIpc) is 2.58. The normalized spacial score (nSPS) is 13.4. The lowest BCUT2D eigenvalue weighted by molar-refractivity contribution is -0.384. The van der Waals surface area contributed by atoms with Crippen molar-refractivity contribution < 1.29 is 27.6 Å². The molecule has 0 radical (unpaired) electrons. The average molecular weight is 367 g/mol. The molecule has 1 heterocycles. The van der Waals surface area contributed by atoms with Gasteiger partial charge in [0, 0.05) is 6.54 Å². The molecule has 2 N–H and O–H groups in total. The van der Waals surface area contributed by atoms with Crippen molar-refractivity contribution >= 4 is 23.0 Å². The first kappa shape index (κ1) is 17.5. The second-order valence-corrected chi connectivity index (χ2v) is 5.51. The van der Waals surface area contributed by atoms with Crippen LogP contribution in [0.2, 0.25) is 0 Å². The van der Waals surface area contributed by atoms with Crippen molar-refractivity contribution in [3.05, 3.63) is 57.6 Å². The molecule has 0 saturated heterocycles. The molecule has 0 fully saturated rings. The van der Waals surface area contributed by atoms with Gasteiger partial charge in [0.2, 0.25) is 0 Å². The molecule has 0 unspecified atom stereocenters. The van der Waals surface area contributed by atoms with Crippen molar-refractivity contribution in [1.29, 1.82) is 0 Å². The molecule has 136 valence electrons. The number of ether oxygens (including phenoxy) is 1. The predicted octanol–water partition coefficient (Wildman–Crippen LogP) is 3.56. The maximum Gasteiger partial charge on any atom is 0.416 e. The minimum atomic E-state index is -4.48. The Morgan fingerprint density at radius 2 is 2.04 bits per heavy atom. The van der Waals surface area contributed by atoms with Gasteiger partial charge in [0.1, 0.15) is 5.69 Å². The summed E-state index contributed by atoms with van der Waals surface area (Å²) in [5.41, 5.74) is -0.522. The van der Waals surface area contributed by atoms with Crippen molar-refractivity contribution in [3.63, 3.8) is 0 Å². The van der Waals surface area contributed by atoms with Crippen LogP contribution in [-0.2, 0) is 17.5 Å². The van der Waals surface area contributed by atoms with Gasteiger partial charge in [0.05, 0.1) is 22.2 Å². The van der Waals surface area contributed by atoms with Gasteiger partial charge in [0.15, 0.2) is 12.4 Å². The highest BCUT2D eigenvalue weighted by atomic mass is 19.4. The van der Waals surface area contributed by atoms with Gasteiger partial charge in [-0.15, -0.1) is 0 Å². The molecular formula is C16H12F3N3O4. The molecule has 26 heavy (non-hydrogen) atoms. The van der Waals surface area contributed by atoms with Crippen LogP contribution in [0.25, 0.3) is 0 Å². The molecule has 2 aromatic carbocycles. The number of nitrogens with zero attached hydrogens (tertiary/aromatic N) is 1. The standard InChI is InChI=1S/C16H12F3N3O4/c17-16(18,19)10-3-1-2-9(4-10)7-20-11-5-12-14(6-13(11)22(24)25)26-8-15(23)21-12/h1-6,20H,7-8H2,(H,21,23). The Bertz CT molecular complexity index is 884. The number of carbonyl (C=O) groups excluding carboxylic acids is 1. The fourth-order valence-electron chi connectivity index (χ4n) is 2.46. The SMILES string of the molecule is O=C1COc2cc([N+](=O)[O-])c(NCc3cccc(C(F)(F)F)c3)cc2N1. The van der Waals surface area contributed by atoms with E-state index in [4.69, 9.17) is 4.74 Å². The van der Waals surface area contributed by atoms with Crippen molar-refractivity contribution in [2.75, 3.05) is 17.2 Å². The Morgan fingerprint density at radius 3 is 2.73 bits per heavy atom. The minimum Gasteiger partial charge on any atom is -0.481 e. The summed E-state index contributed by atoms with van der Waals surface area (Å²) in [6, 6.07) is 7.10. The third-order valence-electron chi connectivity index (χ3n) is 3.66. The van der Waals surface area contributed by atoms with Crippen LogP contribution in [0.15, 0.2) is 36.4 Å². The zero-order valence-electron chi connectivity index (χ0n) is 13.1. The van der Waals surface area contributed by atoms with Crippen molar-refractivity contribution in [2.24, 2.45) is 0 Å². The highest BCUT2D eigenvalue weighted by Gasteiger charge is 2.30. The van der Waals surface area contributed by atoms with Crippen LogP contribution in [0.3, 0.4) is 0 Å². The van der Waals surface area contributed by atoms with Gasteiger partial charge in [-0.1, -0.05) is 12.1 Å². The smallest absolute Gasteiger partial charge is 0.416 e. The molecule has 0 saturated carbocycles. The van der Waals surface area contributed by atoms with E-state index in [9.17, 15) is 28.1 Å². The highest BCUT2D eigenvalue weighted by molar-refractivity contribution is 5.96. The van der Waals surface area contributed by atoms with E-state index in [-0.39, 0.29) is 36.0 Å². The molecule has 7 nitrogen and oxygen atoms in total. The second-order valence-electron chi connectivity index (χ2n) is 5.51. The summed E-state index contributed by atoms with van der Waals surface area (Å²) in [5, 5.41) is 16.5. The summed E-state index contributed by atoms with van der Waals surface area (Å²) < 4.78 is 43.4. The summed E-state index contributed by atoms with van der Waals surface area (Å²) in [6.45, 7) is -0.320. The number of nitro groups is 1. The summed E-state index contributed by atoms with van der Waals surface area (Å²) in [5.74, 6) is -0.254. The summed E-state index contributed by atoms with van der Waals surface area (Å²) >= 11 is 0. The van der Waals surface area contributed by atoms with Crippen molar-refractivity contribution in [1.82, 2.24) is 0 Å². The lowest BCUT2D eigenvalue weighted by Crippen LogP contribution is -2.25. The fraction of sp³-hybridized carbons (Fsp3) is 0.188. The quantitative estimate of drug-likeness (QED) is 0.637. The van der Waals surface area contributed by atoms with Gasteiger partial charge in [-0.2, -0.15) is 13.2 Å². The van der Waals surface area contributed by atoms with Gasteiger partial charge in [-0.25, -0.2) is 0 Å². The van der Waals surface area contributed by atoms with Gasteiger partial charge in [-0.3, -0.25) is 14.9 Å². The Hall–Kier alpha value is -3.30. The Labute approximate surface area is 144 Å². The number of nitro benzene ring substituents is 1. The van der Waals surface area contributed by atoms with Crippen LogP contribution >= 0.6 is 0 Å². The highest BCUT2D eigenvalue weighted by Crippen LogP contribution is 2.38. The molecule has 0 spiro atoms. The third kappa shape index (κ3) is 3.68. The van der Waals surface area contributed by atoms with E-state index < -0.39 is 22.6 Å². The first-order chi connectivity index (χ1) is 12.2. The van der Waals surface area contributed by atoms with Crippen LogP contribution in [-0.4, -0.2) is 17.4 Å². The van der Waals surface area contributed by atoms with Crippen LogP contribution in [0, 0.1) is 10.1 Å². The van der Waals surface area contributed by atoms with Crippen LogP contribution in [0.5, 0.6) is 5.75 Å².